The summed E-state index contributed by atoms with van der Waals surface area (Å²) in [6, 6.07) is 0.103. The molecule has 0 amide bonds. The van der Waals surface area contributed by atoms with Crippen LogP contribution in [0, 0.1) is 5.92 Å². The van der Waals surface area contributed by atoms with Crippen molar-refractivity contribution in [3.05, 3.63) is 0 Å². The summed E-state index contributed by atoms with van der Waals surface area (Å²) in [5, 5.41) is 20.1. The number of aliphatic hydroxyl groups excluding tert-OH is 2. The second-order valence-electron chi connectivity index (χ2n) is 5.66. The number of nitrogens with zero attached hydrogens (tertiary/aromatic N) is 1. The van der Waals surface area contributed by atoms with Crippen molar-refractivity contribution in [2.24, 2.45) is 5.92 Å². The topological polar surface area (TPSA) is 52.9 Å². The molecule has 0 spiro atoms. The van der Waals surface area contributed by atoms with E-state index in [0.717, 1.165) is 32.4 Å². The predicted molar refractivity (Wildman–Crippen MR) is 65.8 cm³/mol. The number of likely N-dealkylation sites (tertiary alicyclic amines) is 1. The molecule has 0 aromatic rings. The minimum atomic E-state index is -0.311. The largest absolute Gasteiger partial charge is 0.393 e. The first-order valence-electron chi connectivity index (χ1n) is 6.74. The van der Waals surface area contributed by atoms with Gasteiger partial charge in [0.05, 0.1) is 18.3 Å². The fraction of sp³-hybridized carbons (Fsp3) is 1.00. The Balaban J connectivity index is 1.99. The molecule has 0 aromatic heterocycles. The number of methoxy groups -OCH3 is 1. The quantitative estimate of drug-likeness (QED) is 0.746. The lowest BCUT2D eigenvalue weighted by Crippen LogP contribution is -2.55. The van der Waals surface area contributed by atoms with Crippen LogP contribution >= 0.6 is 0 Å². The molecule has 2 fully saturated rings. The summed E-state index contributed by atoms with van der Waals surface area (Å²) in [6.45, 7) is 3.93. The van der Waals surface area contributed by atoms with Crippen molar-refractivity contribution in [2.75, 3.05) is 20.2 Å². The van der Waals surface area contributed by atoms with Crippen LogP contribution in [0.2, 0.25) is 0 Å². The first-order chi connectivity index (χ1) is 8.11. The van der Waals surface area contributed by atoms with Crippen LogP contribution < -0.4 is 0 Å². The molecule has 1 saturated carbocycles. The van der Waals surface area contributed by atoms with Crippen molar-refractivity contribution in [1.82, 2.24) is 4.90 Å². The lowest BCUT2D eigenvalue weighted by molar-refractivity contribution is -0.0782. The van der Waals surface area contributed by atoms with E-state index in [-0.39, 0.29) is 30.3 Å². The zero-order valence-electron chi connectivity index (χ0n) is 10.9. The average molecular weight is 243 g/mol. The molecule has 5 unspecified atom stereocenters. The van der Waals surface area contributed by atoms with Crippen molar-refractivity contribution in [2.45, 2.75) is 57.0 Å². The third-order valence-corrected chi connectivity index (χ3v) is 4.35. The lowest BCUT2D eigenvalue weighted by atomic mass is 9.81. The highest BCUT2D eigenvalue weighted by Crippen LogP contribution is 2.30. The highest BCUT2D eigenvalue weighted by Gasteiger charge is 2.38. The van der Waals surface area contributed by atoms with Gasteiger partial charge >= 0.3 is 0 Å². The van der Waals surface area contributed by atoms with Crippen molar-refractivity contribution < 1.29 is 14.9 Å². The SMILES string of the molecule is COC1CCCN(C2CC(O)CC(C)C2O)C1. The van der Waals surface area contributed by atoms with E-state index >= 15 is 0 Å². The Bertz CT molecular complexity index is 249. The Morgan fingerprint density at radius 2 is 2.00 bits per heavy atom. The van der Waals surface area contributed by atoms with E-state index in [1.165, 1.54) is 0 Å². The summed E-state index contributed by atoms with van der Waals surface area (Å²) in [5.74, 6) is 0.187. The fourth-order valence-electron chi connectivity index (χ4n) is 3.29. The number of hydrogen-bond acceptors (Lipinski definition) is 4. The van der Waals surface area contributed by atoms with E-state index in [0.29, 0.717) is 6.42 Å². The van der Waals surface area contributed by atoms with Gasteiger partial charge in [0.25, 0.3) is 0 Å². The van der Waals surface area contributed by atoms with Crippen LogP contribution in [0.5, 0.6) is 0 Å². The molecule has 0 radical (unpaired) electrons. The molecule has 0 aromatic carbocycles. The van der Waals surface area contributed by atoms with Gasteiger partial charge in [-0.2, -0.15) is 0 Å². The maximum Gasteiger partial charge on any atom is 0.0722 e. The molecule has 2 aliphatic rings. The molecule has 4 heteroatoms. The average Bonchev–Trinajstić information content (AvgIpc) is 2.34. The van der Waals surface area contributed by atoms with E-state index in [1.54, 1.807) is 7.11 Å². The monoisotopic (exact) mass is 243 g/mol. The number of piperidine rings is 1. The van der Waals surface area contributed by atoms with Crippen LogP contribution in [0.15, 0.2) is 0 Å². The summed E-state index contributed by atoms with van der Waals surface area (Å²) < 4.78 is 5.42. The summed E-state index contributed by atoms with van der Waals surface area (Å²) >= 11 is 0. The van der Waals surface area contributed by atoms with E-state index in [2.05, 4.69) is 4.90 Å². The maximum absolute atomic E-state index is 10.3. The van der Waals surface area contributed by atoms with Crippen molar-refractivity contribution >= 4 is 0 Å². The predicted octanol–water partition coefficient (Wildman–Crippen LogP) is 0.617. The third-order valence-electron chi connectivity index (χ3n) is 4.35. The van der Waals surface area contributed by atoms with Crippen LogP contribution in [0.25, 0.3) is 0 Å². The van der Waals surface area contributed by atoms with Gasteiger partial charge in [-0.15, -0.1) is 0 Å². The van der Waals surface area contributed by atoms with Crippen LogP contribution in [-0.4, -0.2) is 59.7 Å². The van der Waals surface area contributed by atoms with Gasteiger partial charge in [0.2, 0.25) is 0 Å². The Kier molecular flexibility index (Phi) is 4.42. The van der Waals surface area contributed by atoms with Gasteiger partial charge in [0, 0.05) is 19.7 Å². The fourth-order valence-corrected chi connectivity index (χ4v) is 3.29. The van der Waals surface area contributed by atoms with Crippen molar-refractivity contribution in [1.29, 1.82) is 0 Å². The molecule has 1 heterocycles. The molecule has 1 aliphatic heterocycles. The minimum Gasteiger partial charge on any atom is -0.393 e. The van der Waals surface area contributed by atoms with Gasteiger partial charge in [-0.25, -0.2) is 0 Å². The highest BCUT2D eigenvalue weighted by atomic mass is 16.5. The zero-order valence-corrected chi connectivity index (χ0v) is 10.9. The van der Waals surface area contributed by atoms with Gasteiger partial charge < -0.3 is 14.9 Å². The Hall–Kier alpha value is -0.160. The van der Waals surface area contributed by atoms with E-state index in [9.17, 15) is 10.2 Å². The summed E-state index contributed by atoms with van der Waals surface area (Å²) in [7, 11) is 1.75. The standard InChI is InChI=1S/C13H25NO3/c1-9-6-10(15)7-12(13(9)16)14-5-3-4-11(8-14)17-2/h9-13,15-16H,3-8H2,1-2H3. The van der Waals surface area contributed by atoms with Crippen molar-refractivity contribution in [3.63, 3.8) is 0 Å². The van der Waals surface area contributed by atoms with Crippen LogP contribution in [0.4, 0.5) is 0 Å². The molecule has 17 heavy (non-hydrogen) atoms. The van der Waals surface area contributed by atoms with Gasteiger partial charge in [-0.05, 0) is 38.1 Å². The first kappa shape index (κ1) is 13.3. The van der Waals surface area contributed by atoms with Crippen LogP contribution in [0.1, 0.15) is 32.6 Å². The van der Waals surface area contributed by atoms with Gasteiger partial charge in [0.1, 0.15) is 0 Å². The minimum absolute atomic E-state index is 0.103. The summed E-state index contributed by atoms with van der Waals surface area (Å²) in [5.41, 5.74) is 0. The van der Waals surface area contributed by atoms with E-state index in [1.807, 2.05) is 6.92 Å². The smallest absolute Gasteiger partial charge is 0.0722 e. The molecule has 1 aliphatic carbocycles. The van der Waals surface area contributed by atoms with Gasteiger partial charge in [0.15, 0.2) is 0 Å². The molecule has 100 valence electrons. The first-order valence-corrected chi connectivity index (χ1v) is 6.74. The zero-order chi connectivity index (χ0) is 12.4. The molecule has 2 rings (SSSR count). The normalized spacial score (nSPS) is 44.8. The van der Waals surface area contributed by atoms with E-state index < -0.39 is 0 Å². The maximum atomic E-state index is 10.3. The summed E-state index contributed by atoms with van der Waals surface area (Å²) in [6.07, 6.45) is 3.35. The summed E-state index contributed by atoms with van der Waals surface area (Å²) in [4.78, 5) is 2.31. The van der Waals surface area contributed by atoms with Crippen molar-refractivity contribution in [3.8, 4) is 0 Å². The third kappa shape index (κ3) is 2.99. The molecular weight excluding hydrogens is 218 g/mol. The Morgan fingerprint density at radius 3 is 2.71 bits per heavy atom. The Labute approximate surface area is 104 Å². The molecule has 0 bridgehead atoms. The van der Waals surface area contributed by atoms with Gasteiger partial charge in [-0.3, -0.25) is 4.90 Å². The molecule has 5 atom stereocenters. The van der Waals surface area contributed by atoms with Gasteiger partial charge in [-0.1, -0.05) is 6.92 Å². The second-order valence-corrected chi connectivity index (χ2v) is 5.66. The second kappa shape index (κ2) is 5.65. The van der Waals surface area contributed by atoms with Crippen LogP contribution in [0.3, 0.4) is 0 Å². The van der Waals surface area contributed by atoms with Crippen LogP contribution in [-0.2, 0) is 4.74 Å². The molecule has 1 saturated heterocycles. The highest BCUT2D eigenvalue weighted by molar-refractivity contribution is 4.92. The van der Waals surface area contributed by atoms with E-state index in [4.69, 9.17) is 4.74 Å². The number of rotatable bonds is 2. The number of ether oxygens (including phenoxy) is 1. The number of aliphatic hydroxyl groups is 2. The molecular formula is C13H25NO3. The number of hydrogen-bond donors (Lipinski definition) is 2. The molecule has 4 nitrogen and oxygen atoms in total. The Morgan fingerprint density at radius 1 is 1.24 bits per heavy atom. The molecule has 2 N–H and O–H groups in total. The lowest BCUT2D eigenvalue weighted by Gasteiger charge is -2.45.